The van der Waals surface area contributed by atoms with Gasteiger partial charge in [-0.1, -0.05) is 32.9 Å². The summed E-state index contributed by atoms with van der Waals surface area (Å²) in [6.07, 6.45) is 0.997. The molecule has 6 nitrogen and oxygen atoms in total. The average Bonchev–Trinajstić information content (AvgIpc) is 2.63. The first-order valence-electron chi connectivity index (χ1n) is 8.84. The highest BCUT2D eigenvalue weighted by Crippen LogP contribution is 2.21. The van der Waals surface area contributed by atoms with E-state index in [1.165, 1.54) is 5.56 Å². The van der Waals surface area contributed by atoms with Gasteiger partial charge in [0.25, 0.3) is 0 Å². The summed E-state index contributed by atoms with van der Waals surface area (Å²) in [6, 6.07) is 8.19. The molecule has 1 unspecified atom stereocenters. The molecule has 1 atom stereocenters. The van der Waals surface area contributed by atoms with Gasteiger partial charge in [-0.3, -0.25) is 9.79 Å². The minimum atomic E-state index is 0.0110. The molecule has 3 N–H and O–H groups in total. The highest BCUT2D eigenvalue weighted by atomic mass is 16.5. The number of carbonyl (C=O) groups is 1. The fourth-order valence-corrected chi connectivity index (χ4v) is 2.30. The van der Waals surface area contributed by atoms with E-state index < -0.39 is 0 Å². The molecule has 0 aliphatic carbocycles. The van der Waals surface area contributed by atoms with Crippen molar-refractivity contribution in [1.29, 1.82) is 0 Å². The third kappa shape index (κ3) is 7.92. The van der Waals surface area contributed by atoms with Crippen LogP contribution in [0.1, 0.15) is 38.7 Å². The Morgan fingerprint density at radius 1 is 1.04 bits per heavy atom. The first-order valence-corrected chi connectivity index (χ1v) is 8.84. The first kappa shape index (κ1) is 20.8. The van der Waals surface area contributed by atoms with Crippen molar-refractivity contribution in [1.82, 2.24) is 16.0 Å². The SMILES string of the molecule is CN=C(NCCNC(=O)C(C)C)NCCC(C)c1ccc(OC)cc1. The van der Waals surface area contributed by atoms with Gasteiger partial charge in [-0.05, 0) is 30.0 Å². The zero-order chi connectivity index (χ0) is 18.7. The molecule has 1 rings (SSSR count). The Morgan fingerprint density at radius 2 is 1.64 bits per heavy atom. The minimum Gasteiger partial charge on any atom is -0.497 e. The minimum absolute atomic E-state index is 0.0110. The molecule has 0 saturated carbocycles. The maximum Gasteiger partial charge on any atom is 0.222 e. The number of methoxy groups -OCH3 is 1. The summed E-state index contributed by atoms with van der Waals surface area (Å²) in [4.78, 5) is 15.7. The lowest BCUT2D eigenvalue weighted by molar-refractivity contribution is -0.123. The van der Waals surface area contributed by atoms with E-state index in [9.17, 15) is 4.79 Å². The van der Waals surface area contributed by atoms with Crippen molar-refractivity contribution in [2.75, 3.05) is 33.8 Å². The lowest BCUT2D eigenvalue weighted by Gasteiger charge is -2.16. The molecule has 0 fully saturated rings. The number of rotatable bonds is 9. The quantitative estimate of drug-likeness (QED) is 0.363. The van der Waals surface area contributed by atoms with Gasteiger partial charge in [-0.25, -0.2) is 0 Å². The number of nitrogens with one attached hydrogen (secondary N) is 3. The molecule has 1 amide bonds. The van der Waals surface area contributed by atoms with Gasteiger partial charge in [0, 0.05) is 32.6 Å². The number of hydrogen-bond acceptors (Lipinski definition) is 3. The predicted molar refractivity (Wildman–Crippen MR) is 103 cm³/mol. The van der Waals surface area contributed by atoms with Crippen molar-refractivity contribution in [2.45, 2.75) is 33.1 Å². The van der Waals surface area contributed by atoms with Crippen molar-refractivity contribution < 1.29 is 9.53 Å². The van der Waals surface area contributed by atoms with Crippen LogP contribution in [0, 0.1) is 5.92 Å². The van der Waals surface area contributed by atoms with Gasteiger partial charge in [0.2, 0.25) is 5.91 Å². The van der Waals surface area contributed by atoms with Crippen molar-refractivity contribution in [2.24, 2.45) is 10.9 Å². The molecule has 0 aromatic heterocycles. The first-order chi connectivity index (χ1) is 12.0. The average molecular weight is 348 g/mol. The molecule has 0 aliphatic heterocycles. The van der Waals surface area contributed by atoms with E-state index in [1.54, 1.807) is 14.2 Å². The fraction of sp³-hybridized carbons (Fsp3) is 0.579. The van der Waals surface area contributed by atoms with E-state index in [1.807, 2.05) is 26.0 Å². The van der Waals surface area contributed by atoms with Crippen molar-refractivity contribution in [3.63, 3.8) is 0 Å². The summed E-state index contributed by atoms with van der Waals surface area (Å²) in [5.41, 5.74) is 1.29. The third-order valence-electron chi connectivity index (χ3n) is 4.02. The van der Waals surface area contributed by atoms with Crippen LogP contribution in [-0.2, 0) is 4.79 Å². The highest BCUT2D eigenvalue weighted by molar-refractivity contribution is 5.80. The van der Waals surface area contributed by atoms with Crippen LogP contribution in [0.15, 0.2) is 29.3 Å². The lowest BCUT2D eigenvalue weighted by atomic mass is 9.98. The van der Waals surface area contributed by atoms with Crippen molar-refractivity contribution >= 4 is 11.9 Å². The molecule has 0 spiro atoms. The van der Waals surface area contributed by atoms with E-state index in [0.29, 0.717) is 19.0 Å². The lowest BCUT2D eigenvalue weighted by Crippen LogP contribution is -2.42. The van der Waals surface area contributed by atoms with Crippen LogP contribution in [-0.4, -0.2) is 45.7 Å². The van der Waals surface area contributed by atoms with Crippen LogP contribution in [0.5, 0.6) is 5.75 Å². The molecule has 0 heterocycles. The molecule has 0 aliphatic rings. The summed E-state index contributed by atoms with van der Waals surface area (Å²) in [7, 11) is 3.42. The smallest absolute Gasteiger partial charge is 0.222 e. The summed E-state index contributed by atoms with van der Waals surface area (Å²) < 4.78 is 5.19. The number of ether oxygens (including phenoxy) is 1. The van der Waals surface area contributed by atoms with Crippen LogP contribution in [0.25, 0.3) is 0 Å². The Bertz CT molecular complexity index is 541. The summed E-state index contributed by atoms with van der Waals surface area (Å²) in [5.74, 6) is 2.15. The van der Waals surface area contributed by atoms with E-state index in [4.69, 9.17) is 4.74 Å². The zero-order valence-electron chi connectivity index (χ0n) is 16.1. The van der Waals surface area contributed by atoms with Gasteiger partial charge < -0.3 is 20.7 Å². The topological polar surface area (TPSA) is 74.8 Å². The Morgan fingerprint density at radius 3 is 2.20 bits per heavy atom. The molecular formula is C19H32N4O2. The Hall–Kier alpha value is -2.24. The Balaban J connectivity index is 2.26. The largest absolute Gasteiger partial charge is 0.497 e. The highest BCUT2D eigenvalue weighted by Gasteiger charge is 2.07. The summed E-state index contributed by atoms with van der Waals surface area (Å²) in [6.45, 7) is 8.03. The summed E-state index contributed by atoms with van der Waals surface area (Å²) >= 11 is 0. The maximum absolute atomic E-state index is 11.5. The van der Waals surface area contributed by atoms with Gasteiger partial charge in [-0.2, -0.15) is 0 Å². The van der Waals surface area contributed by atoms with Gasteiger partial charge in [0.15, 0.2) is 5.96 Å². The second kappa shape index (κ2) is 11.3. The molecule has 0 bridgehead atoms. The monoisotopic (exact) mass is 348 g/mol. The number of guanidine groups is 1. The number of amides is 1. The molecule has 6 heteroatoms. The number of benzene rings is 1. The third-order valence-corrected chi connectivity index (χ3v) is 4.02. The molecule has 0 radical (unpaired) electrons. The number of nitrogens with zero attached hydrogens (tertiary/aromatic N) is 1. The predicted octanol–water partition coefficient (Wildman–Crippen LogP) is 2.13. The van der Waals surface area contributed by atoms with Crippen molar-refractivity contribution in [3.8, 4) is 5.75 Å². The number of carbonyl (C=O) groups excluding carboxylic acids is 1. The normalized spacial score (nSPS) is 12.6. The number of hydrogen-bond donors (Lipinski definition) is 3. The second-order valence-corrected chi connectivity index (χ2v) is 6.33. The fourth-order valence-electron chi connectivity index (χ4n) is 2.30. The van der Waals surface area contributed by atoms with E-state index >= 15 is 0 Å². The summed E-state index contributed by atoms with van der Waals surface area (Å²) in [5, 5.41) is 9.38. The van der Waals surface area contributed by atoms with E-state index in [2.05, 4.69) is 40.0 Å². The van der Waals surface area contributed by atoms with Gasteiger partial charge in [0.05, 0.1) is 7.11 Å². The van der Waals surface area contributed by atoms with Crippen molar-refractivity contribution in [3.05, 3.63) is 29.8 Å². The van der Waals surface area contributed by atoms with Crippen LogP contribution in [0.4, 0.5) is 0 Å². The van der Waals surface area contributed by atoms with Crippen LogP contribution < -0.4 is 20.7 Å². The van der Waals surface area contributed by atoms with Gasteiger partial charge in [0.1, 0.15) is 5.75 Å². The van der Waals surface area contributed by atoms with Crippen LogP contribution >= 0.6 is 0 Å². The van der Waals surface area contributed by atoms with Crippen LogP contribution in [0.3, 0.4) is 0 Å². The Labute approximate surface area is 151 Å². The zero-order valence-corrected chi connectivity index (χ0v) is 16.1. The maximum atomic E-state index is 11.5. The molecule has 1 aromatic carbocycles. The molecule has 140 valence electrons. The number of aliphatic imine (C=N–C) groups is 1. The second-order valence-electron chi connectivity index (χ2n) is 6.33. The van der Waals surface area contributed by atoms with E-state index in [0.717, 1.165) is 24.7 Å². The molecule has 25 heavy (non-hydrogen) atoms. The van der Waals surface area contributed by atoms with Gasteiger partial charge in [-0.15, -0.1) is 0 Å². The molecular weight excluding hydrogens is 316 g/mol. The Kier molecular flexibility index (Phi) is 9.43. The van der Waals surface area contributed by atoms with E-state index in [-0.39, 0.29) is 11.8 Å². The molecule has 0 saturated heterocycles. The molecule has 1 aromatic rings. The van der Waals surface area contributed by atoms with Crippen LogP contribution in [0.2, 0.25) is 0 Å². The standard InChI is InChI=1S/C19H32N4O2/c1-14(2)18(24)21-12-13-23-19(20-4)22-11-10-15(3)16-6-8-17(25-5)9-7-16/h6-9,14-15H,10-13H2,1-5H3,(H,21,24)(H2,20,22,23). The van der Waals surface area contributed by atoms with Gasteiger partial charge >= 0.3 is 0 Å².